The molecule has 0 fully saturated rings. The second-order valence-electron chi connectivity index (χ2n) is 7.27. The number of rotatable bonds is 6. The number of carbonyl (C=O) groups excluding carboxylic acids is 1. The van der Waals surface area contributed by atoms with Crippen LogP contribution < -0.4 is 10.6 Å². The van der Waals surface area contributed by atoms with E-state index in [-0.39, 0.29) is 11.9 Å². The van der Waals surface area contributed by atoms with Crippen molar-refractivity contribution < 1.29 is 4.79 Å². The summed E-state index contributed by atoms with van der Waals surface area (Å²) in [6, 6.07) is 7.94. The number of fused-ring (bicyclic) bond motifs is 1. The number of hydrogen-bond donors (Lipinski definition) is 2. The maximum Gasteiger partial charge on any atom is 0.247 e. The Labute approximate surface area is 174 Å². The number of aromatic nitrogens is 5. The summed E-state index contributed by atoms with van der Waals surface area (Å²) in [4.78, 5) is 20.6. The van der Waals surface area contributed by atoms with Crippen molar-refractivity contribution in [2.45, 2.75) is 19.9 Å². The second kappa shape index (κ2) is 7.82. The van der Waals surface area contributed by atoms with Crippen LogP contribution in [-0.4, -0.2) is 30.2 Å². The first-order chi connectivity index (χ1) is 14.4. The third-order valence-corrected chi connectivity index (χ3v) is 4.76. The van der Waals surface area contributed by atoms with Crippen LogP contribution in [0.3, 0.4) is 0 Å². The van der Waals surface area contributed by atoms with Gasteiger partial charge in [0.15, 0.2) is 0 Å². The van der Waals surface area contributed by atoms with E-state index in [1.807, 2.05) is 53.0 Å². The SMILES string of the molecule is C=CC(=O)Nc1ccc2c(-c3ccnc(Nc4cnn(C(C)C)c4)n3)cn(C)c2c1. The van der Waals surface area contributed by atoms with Gasteiger partial charge in [0.25, 0.3) is 0 Å². The third kappa shape index (κ3) is 3.80. The molecule has 0 aliphatic rings. The Balaban J connectivity index is 1.65. The molecular formula is C22H23N7O. The molecule has 4 aromatic rings. The Bertz CT molecular complexity index is 1240. The highest BCUT2D eigenvalue weighted by Gasteiger charge is 2.12. The molecule has 4 rings (SSSR count). The molecule has 0 saturated carbocycles. The number of carbonyl (C=O) groups is 1. The van der Waals surface area contributed by atoms with Crippen molar-refractivity contribution in [3.05, 3.63) is 61.7 Å². The van der Waals surface area contributed by atoms with E-state index < -0.39 is 0 Å². The van der Waals surface area contributed by atoms with E-state index in [4.69, 9.17) is 0 Å². The molecule has 8 nitrogen and oxygen atoms in total. The van der Waals surface area contributed by atoms with Crippen LogP contribution in [0.25, 0.3) is 22.2 Å². The Hall–Kier alpha value is -3.94. The summed E-state index contributed by atoms with van der Waals surface area (Å²) in [5.41, 5.74) is 4.32. The minimum absolute atomic E-state index is 0.240. The molecule has 152 valence electrons. The maximum absolute atomic E-state index is 11.6. The highest BCUT2D eigenvalue weighted by atomic mass is 16.1. The van der Waals surface area contributed by atoms with Gasteiger partial charge in [-0.25, -0.2) is 9.97 Å². The van der Waals surface area contributed by atoms with Crippen LogP contribution in [0.5, 0.6) is 0 Å². The van der Waals surface area contributed by atoms with Gasteiger partial charge in [-0.2, -0.15) is 5.10 Å². The second-order valence-corrected chi connectivity index (χ2v) is 7.27. The molecule has 0 unspecified atom stereocenters. The number of anilines is 3. The normalized spacial score (nSPS) is 11.1. The summed E-state index contributed by atoms with van der Waals surface area (Å²) >= 11 is 0. The maximum atomic E-state index is 11.6. The first-order valence-electron chi connectivity index (χ1n) is 9.61. The molecular weight excluding hydrogens is 378 g/mol. The summed E-state index contributed by atoms with van der Waals surface area (Å²) in [6.07, 6.45) is 8.69. The Morgan fingerprint density at radius 1 is 1.20 bits per heavy atom. The van der Waals surface area contributed by atoms with Crippen LogP contribution in [0.15, 0.2) is 61.7 Å². The van der Waals surface area contributed by atoms with Gasteiger partial charge in [-0.15, -0.1) is 0 Å². The van der Waals surface area contributed by atoms with Crippen molar-refractivity contribution in [1.82, 2.24) is 24.3 Å². The Morgan fingerprint density at radius 3 is 2.77 bits per heavy atom. The lowest BCUT2D eigenvalue weighted by atomic mass is 10.1. The zero-order valence-electron chi connectivity index (χ0n) is 17.1. The van der Waals surface area contributed by atoms with Gasteiger partial charge in [0, 0.05) is 48.3 Å². The van der Waals surface area contributed by atoms with E-state index in [9.17, 15) is 4.79 Å². The zero-order chi connectivity index (χ0) is 21.3. The van der Waals surface area contributed by atoms with Crippen molar-refractivity contribution >= 4 is 34.1 Å². The zero-order valence-corrected chi connectivity index (χ0v) is 17.1. The minimum Gasteiger partial charge on any atom is -0.350 e. The van der Waals surface area contributed by atoms with E-state index in [0.29, 0.717) is 11.6 Å². The molecule has 0 spiro atoms. The largest absolute Gasteiger partial charge is 0.350 e. The smallest absolute Gasteiger partial charge is 0.247 e. The average molecular weight is 401 g/mol. The fraction of sp³-hybridized carbons (Fsp3) is 0.182. The van der Waals surface area contributed by atoms with E-state index in [2.05, 4.69) is 46.1 Å². The molecule has 0 radical (unpaired) electrons. The van der Waals surface area contributed by atoms with Gasteiger partial charge in [-0.05, 0) is 38.1 Å². The molecule has 0 saturated heterocycles. The number of nitrogens with zero attached hydrogens (tertiary/aromatic N) is 5. The molecule has 0 aliphatic heterocycles. The third-order valence-electron chi connectivity index (χ3n) is 4.76. The highest BCUT2D eigenvalue weighted by molar-refractivity contribution is 6.02. The standard InChI is InChI=1S/C22H23N7O/c1-5-21(30)25-15-6-7-17-18(13-28(4)20(17)10-15)19-8-9-23-22(27-19)26-16-11-24-29(12-16)14(2)3/h5-14H,1H2,2-4H3,(H,25,30)(H,23,26,27). The molecule has 2 N–H and O–H groups in total. The van der Waals surface area contributed by atoms with Gasteiger partial charge in [-0.3, -0.25) is 9.48 Å². The van der Waals surface area contributed by atoms with Crippen molar-refractivity contribution in [1.29, 1.82) is 0 Å². The number of benzene rings is 1. The summed E-state index contributed by atoms with van der Waals surface area (Å²) in [5.74, 6) is 0.263. The average Bonchev–Trinajstić information content (AvgIpc) is 3.33. The van der Waals surface area contributed by atoms with Crippen molar-refractivity contribution in [2.75, 3.05) is 10.6 Å². The number of aryl methyl sites for hydroxylation is 1. The molecule has 1 amide bonds. The van der Waals surface area contributed by atoms with Crippen LogP contribution in [0, 0.1) is 0 Å². The quantitative estimate of drug-likeness (QED) is 0.471. The first-order valence-corrected chi connectivity index (χ1v) is 9.61. The van der Waals surface area contributed by atoms with Crippen LogP contribution in [0.2, 0.25) is 0 Å². The first kappa shape index (κ1) is 19.4. The summed E-state index contributed by atoms with van der Waals surface area (Å²) in [5, 5.41) is 11.4. The van der Waals surface area contributed by atoms with Crippen molar-refractivity contribution in [3.8, 4) is 11.3 Å². The predicted octanol–water partition coefficient (Wildman–Crippen LogP) is 4.28. The van der Waals surface area contributed by atoms with Crippen LogP contribution in [0.1, 0.15) is 19.9 Å². The minimum atomic E-state index is -0.240. The summed E-state index contributed by atoms with van der Waals surface area (Å²) in [7, 11) is 1.96. The van der Waals surface area contributed by atoms with Crippen molar-refractivity contribution in [2.24, 2.45) is 7.05 Å². The number of hydrogen-bond acceptors (Lipinski definition) is 5. The van der Waals surface area contributed by atoms with Crippen molar-refractivity contribution in [3.63, 3.8) is 0 Å². The Kier molecular flexibility index (Phi) is 5.05. The lowest BCUT2D eigenvalue weighted by Crippen LogP contribution is -2.07. The van der Waals surface area contributed by atoms with Gasteiger partial charge in [0.2, 0.25) is 11.9 Å². The van der Waals surface area contributed by atoms with E-state index >= 15 is 0 Å². The highest BCUT2D eigenvalue weighted by Crippen LogP contribution is 2.31. The number of amides is 1. The topological polar surface area (TPSA) is 89.7 Å². The summed E-state index contributed by atoms with van der Waals surface area (Å²) < 4.78 is 3.88. The summed E-state index contributed by atoms with van der Waals surface area (Å²) in [6.45, 7) is 7.63. The van der Waals surface area contributed by atoms with E-state index in [1.54, 1.807) is 12.4 Å². The number of nitrogens with one attached hydrogen (secondary N) is 2. The lowest BCUT2D eigenvalue weighted by Gasteiger charge is -2.06. The van der Waals surface area contributed by atoms with E-state index in [1.165, 1.54) is 6.08 Å². The molecule has 0 bridgehead atoms. The van der Waals surface area contributed by atoms with Gasteiger partial charge < -0.3 is 15.2 Å². The molecule has 3 heterocycles. The van der Waals surface area contributed by atoms with Gasteiger partial charge in [0.05, 0.1) is 23.1 Å². The van der Waals surface area contributed by atoms with Gasteiger partial charge >= 0.3 is 0 Å². The molecule has 8 heteroatoms. The molecule has 3 aromatic heterocycles. The monoisotopic (exact) mass is 401 g/mol. The lowest BCUT2D eigenvalue weighted by molar-refractivity contribution is -0.111. The predicted molar refractivity (Wildman–Crippen MR) is 119 cm³/mol. The Morgan fingerprint density at radius 2 is 2.03 bits per heavy atom. The molecule has 30 heavy (non-hydrogen) atoms. The fourth-order valence-electron chi connectivity index (χ4n) is 3.24. The van der Waals surface area contributed by atoms with Gasteiger partial charge in [-0.1, -0.05) is 12.6 Å². The molecule has 1 aromatic carbocycles. The van der Waals surface area contributed by atoms with Crippen LogP contribution in [0.4, 0.5) is 17.3 Å². The van der Waals surface area contributed by atoms with Crippen LogP contribution >= 0.6 is 0 Å². The van der Waals surface area contributed by atoms with Crippen LogP contribution in [-0.2, 0) is 11.8 Å². The van der Waals surface area contributed by atoms with Gasteiger partial charge in [0.1, 0.15) is 0 Å². The van der Waals surface area contributed by atoms with E-state index in [0.717, 1.165) is 27.8 Å². The molecule has 0 atom stereocenters. The molecule has 0 aliphatic carbocycles. The fourth-order valence-corrected chi connectivity index (χ4v) is 3.24.